The Hall–Kier alpha value is -2.19. The predicted octanol–water partition coefficient (Wildman–Crippen LogP) is 4.97. The number of hydrogen-bond acceptors (Lipinski definition) is 6. The molecule has 0 saturated heterocycles. The van der Waals surface area contributed by atoms with Crippen molar-refractivity contribution in [2.45, 2.75) is 36.8 Å². The number of nitrogens with zero attached hydrogens (tertiary/aromatic N) is 2. The first-order chi connectivity index (χ1) is 13.4. The summed E-state index contributed by atoms with van der Waals surface area (Å²) >= 11 is 3.58. The highest BCUT2D eigenvalue weighted by atomic mass is 79.9. The van der Waals surface area contributed by atoms with Crippen molar-refractivity contribution in [2.75, 3.05) is 11.6 Å². The minimum atomic E-state index is -2.75. The van der Waals surface area contributed by atoms with Gasteiger partial charge in [0.15, 0.2) is 0 Å². The van der Waals surface area contributed by atoms with Crippen molar-refractivity contribution in [3.8, 4) is 5.75 Å². The van der Waals surface area contributed by atoms with E-state index in [0.717, 1.165) is 26.8 Å². The SMILES string of the molecule is CS(=N)(=O)c1cccc(COc2cc3ncnc(NC4CCC4)c3cc2Br)c1. The van der Waals surface area contributed by atoms with E-state index in [4.69, 9.17) is 9.52 Å². The van der Waals surface area contributed by atoms with Gasteiger partial charge in [-0.1, -0.05) is 12.1 Å². The zero-order chi connectivity index (χ0) is 19.7. The Morgan fingerprint density at radius 1 is 1.29 bits per heavy atom. The summed E-state index contributed by atoms with van der Waals surface area (Å²) < 4.78 is 26.5. The summed E-state index contributed by atoms with van der Waals surface area (Å²) in [7, 11) is -2.75. The molecule has 1 unspecified atom stereocenters. The van der Waals surface area contributed by atoms with Gasteiger partial charge in [0.1, 0.15) is 24.5 Å². The minimum absolute atomic E-state index is 0.311. The van der Waals surface area contributed by atoms with Crippen molar-refractivity contribution >= 4 is 42.4 Å². The highest BCUT2D eigenvalue weighted by Crippen LogP contribution is 2.34. The normalized spacial score (nSPS) is 16.4. The maximum Gasteiger partial charge on any atom is 0.137 e. The Labute approximate surface area is 172 Å². The second-order valence-electron chi connectivity index (χ2n) is 7.07. The lowest BCUT2D eigenvalue weighted by Gasteiger charge is -2.27. The van der Waals surface area contributed by atoms with Crippen molar-refractivity contribution in [2.24, 2.45) is 0 Å². The molecule has 0 amide bonds. The summed E-state index contributed by atoms with van der Waals surface area (Å²) in [5.74, 6) is 1.53. The van der Waals surface area contributed by atoms with E-state index in [1.807, 2.05) is 18.2 Å². The Balaban J connectivity index is 1.57. The number of fused-ring (bicyclic) bond motifs is 1. The van der Waals surface area contributed by atoms with Crippen LogP contribution in [-0.2, 0) is 16.3 Å². The molecule has 1 fully saturated rings. The quantitative estimate of drug-likeness (QED) is 0.541. The molecular weight excluding hydrogens is 440 g/mol. The van der Waals surface area contributed by atoms with Gasteiger partial charge in [-0.3, -0.25) is 0 Å². The smallest absolute Gasteiger partial charge is 0.137 e. The molecule has 28 heavy (non-hydrogen) atoms. The average Bonchev–Trinajstić information content (AvgIpc) is 2.63. The Morgan fingerprint density at radius 3 is 2.82 bits per heavy atom. The molecule has 0 bridgehead atoms. The Kier molecular flexibility index (Phi) is 5.25. The van der Waals surface area contributed by atoms with Gasteiger partial charge in [0.05, 0.1) is 19.7 Å². The predicted molar refractivity (Wildman–Crippen MR) is 114 cm³/mol. The van der Waals surface area contributed by atoms with Crippen molar-refractivity contribution in [1.29, 1.82) is 4.78 Å². The largest absolute Gasteiger partial charge is 0.488 e. The third-order valence-corrected chi connectivity index (χ3v) is 6.65. The fourth-order valence-corrected chi connectivity index (χ4v) is 4.24. The van der Waals surface area contributed by atoms with Crippen molar-refractivity contribution < 1.29 is 8.95 Å². The number of ether oxygens (including phenoxy) is 1. The molecule has 2 N–H and O–H groups in total. The molecule has 4 rings (SSSR count). The molecule has 1 atom stereocenters. The van der Waals surface area contributed by atoms with Crippen LogP contribution in [0, 0.1) is 4.78 Å². The summed E-state index contributed by atoms with van der Waals surface area (Å²) in [5.41, 5.74) is 1.67. The van der Waals surface area contributed by atoms with E-state index < -0.39 is 9.73 Å². The molecule has 6 nitrogen and oxygen atoms in total. The molecule has 1 aliphatic carbocycles. The van der Waals surface area contributed by atoms with Crippen LogP contribution in [0.15, 0.2) is 52.1 Å². The molecule has 1 aromatic heterocycles. The number of aromatic nitrogens is 2. The first-order valence-electron chi connectivity index (χ1n) is 9.06. The summed E-state index contributed by atoms with van der Waals surface area (Å²) in [6.07, 6.45) is 6.60. The number of benzene rings is 2. The van der Waals surface area contributed by atoms with Crippen molar-refractivity contribution in [3.63, 3.8) is 0 Å². The van der Waals surface area contributed by atoms with Gasteiger partial charge in [0.2, 0.25) is 0 Å². The highest BCUT2D eigenvalue weighted by molar-refractivity contribution is 9.10. The van der Waals surface area contributed by atoms with Gasteiger partial charge < -0.3 is 10.1 Å². The lowest BCUT2D eigenvalue weighted by Crippen LogP contribution is -2.27. The van der Waals surface area contributed by atoms with Crippen LogP contribution in [0.25, 0.3) is 10.9 Å². The third kappa shape index (κ3) is 4.12. The molecule has 3 aromatic rings. The van der Waals surface area contributed by atoms with Crippen molar-refractivity contribution in [1.82, 2.24) is 9.97 Å². The first-order valence-corrected chi connectivity index (χ1v) is 11.8. The zero-order valence-corrected chi connectivity index (χ0v) is 17.8. The second-order valence-corrected chi connectivity index (χ2v) is 10.1. The Bertz CT molecular complexity index is 1130. The van der Waals surface area contributed by atoms with Gasteiger partial charge in [-0.25, -0.2) is 19.0 Å². The van der Waals surface area contributed by atoms with Crippen LogP contribution in [0.3, 0.4) is 0 Å². The van der Waals surface area contributed by atoms with Crippen LogP contribution in [0.5, 0.6) is 5.75 Å². The van der Waals surface area contributed by atoms with Crippen LogP contribution < -0.4 is 10.1 Å². The number of hydrogen-bond donors (Lipinski definition) is 2. The number of nitrogens with one attached hydrogen (secondary N) is 2. The standard InChI is InChI=1S/C20H21BrN4O2S/c1-28(22,26)15-7-2-4-13(8-15)11-27-19-10-18-16(9-17(19)21)20(24-12-23-18)25-14-5-3-6-14/h2,4,7-10,12,14,22H,3,5-6,11H2,1H3,(H,23,24,25). The summed E-state index contributed by atoms with van der Waals surface area (Å²) in [4.78, 5) is 9.28. The van der Waals surface area contributed by atoms with Gasteiger partial charge in [-0.15, -0.1) is 0 Å². The summed E-state index contributed by atoms with van der Waals surface area (Å²) in [6.45, 7) is 0.311. The molecule has 0 aliphatic heterocycles. The van der Waals surface area contributed by atoms with E-state index >= 15 is 0 Å². The molecule has 0 spiro atoms. The number of halogens is 1. The van der Waals surface area contributed by atoms with E-state index in [0.29, 0.717) is 23.3 Å². The average molecular weight is 461 g/mol. The molecule has 1 saturated carbocycles. The van der Waals surface area contributed by atoms with E-state index in [9.17, 15) is 4.21 Å². The second kappa shape index (κ2) is 7.67. The van der Waals surface area contributed by atoms with Gasteiger partial charge >= 0.3 is 0 Å². The maximum atomic E-state index is 11.9. The van der Waals surface area contributed by atoms with E-state index in [1.165, 1.54) is 25.5 Å². The van der Waals surface area contributed by atoms with Gasteiger partial charge in [-0.05, 0) is 59.0 Å². The maximum absolute atomic E-state index is 11.9. The molecule has 2 aromatic carbocycles. The molecular formula is C20H21BrN4O2S. The summed E-state index contributed by atoms with van der Waals surface area (Å²) in [6, 6.07) is 11.5. The van der Waals surface area contributed by atoms with Crippen LogP contribution in [0.4, 0.5) is 5.82 Å². The lowest BCUT2D eigenvalue weighted by molar-refractivity contribution is 0.304. The van der Waals surface area contributed by atoms with E-state index in [1.54, 1.807) is 24.5 Å². The van der Waals surface area contributed by atoms with Crippen molar-refractivity contribution in [3.05, 3.63) is 52.8 Å². The van der Waals surface area contributed by atoms with Crippen LogP contribution in [0.2, 0.25) is 0 Å². The summed E-state index contributed by atoms with van der Waals surface area (Å²) in [5, 5.41) is 4.44. The van der Waals surface area contributed by atoms with Crippen LogP contribution >= 0.6 is 15.9 Å². The topological polar surface area (TPSA) is 88.0 Å². The van der Waals surface area contributed by atoms with Gasteiger partial charge in [-0.2, -0.15) is 0 Å². The molecule has 8 heteroatoms. The minimum Gasteiger partial charge on any atom is -0.488 e. The first kappa shape index (κ1) is 19.1. The van der Waals surface area contributed by atoms with Gasteiger partial charge in [0, 0.05) is 28.6 Å². The lowest BCUT2D eigenvalue weighted by atomic mass is 9.93. The fourth-order valence-electron chi connectivity index (χ4n) is 3.07. The molecule has 1 aliphatic rings. The molecule has 1 heterocycles. The fraction of sp³-hybridized carbons (Fsp3) is 0.300. The third-order valence-electron chi connectivity index (χ3n) is 4.88. The Morgan fingerprint density at radius 2 is 2.11 bits per heavy atom. The van der Waals surface area contributed by atoms with Gasteiger partial charge in [0.25, 0.3) is 0 Å². The van der Waals surface area contributed by atoms with E-state index in [-0.39, 0.29) is 0 Å². The number of rotatable bonds is 6. The zero-order valence-electron chi connectivity index (χ0n) is 15.4. The van der Waals surface area contributed by atoms with Crippen LogP contribution in [-0.4, -0.2) is 26.5 Å². The highest BCUT2D eigenvalue weighted by Gasteiger charge is 2.19. The van der Waals surface area contributed by atoms with Crippen LogP contribution in [0.1, 0.15) is 24.8 Å². The molecule has 146 valence electrons. The molecule has 0 radical (unpaired) electrons. The van der Waals surface area contributed by atoms with E-state index in [2.05, 4.69) is 31.2 Å². The monoisotopic (exact) mass is 460 g/mol. The number of anilines is 1.